The highest BCUT2D eigenvalue weighted by molar-refractivity contribution is 8.03. The summed E-state index contributed by atoms with van der Waals surface area (Å²) in [6.07, 6.45) is 12.8. The lowest BCUT2D eigenvalue weighted by Crippen LogP contribution is -2.14. The third kappa shape index (κ3) is 11.6. The maximum atomic E-state index is 10.7. The highest BCUT2D eigenvalue weighted by atomic mass is 32.2. The van der Waals surface area contributed by atoms with Crippen molar-refractivity contribution in [3.05, 3.63) is 22.6 Å². The Morgan fingerprint density at radius 1 is 1.20 bits per heavy atom. The molecule has 0 heterocycles. The summed E-state index contributed by atoms with van der Waals surface area (Å²) in [5, 5.41) is 29.8. The second-order valence-electron chi connectivity index (χ2n) is 9.83. The molecule has 0 amide bonds. The molecule has 0 radical (unpaired) electrons. The number of unbranched alkanes of at least 4 members (excludes halogenated alkanes) is 4. The Hall–Kier alpha value is -0.780. The van der Waals surface area contributed by atoms with Gasteiger partial charge in [-0.15, -0.1) is 11.8 Å². The third-order valence-electron chi connectivity index (χ3n) is 5.63. The van der Waals surface area contributed by atoms with E-state index in [2.05, 4.69) is 27.7 Å². The van der Waals surface area contributed by atoms with Crippen LogP contribution in [0.3, 0.4) is 0 Å². The van der Waals surface area contributed by atoms with Crippen molar-refractivity contribution in [1.29, 1.82) is 0 Å². The summed E-state index contributed by atoms with van der Waals surface area (Å²) in [5.41, 5.74) is 1.62. The van der Waals surface area contributed by atoms with Crippen LogP contribution in [0.1, 0.15) is 98.3 Å². The summed E-state index contributed by atoms with van der Waals surface area (Å²) >= 11 is 1.83. The number of aliphatic carboxylic acids is 1. The van der Waals surface area contributed by atoms with Gasteiger partial charge in [0.25, 0.3) is 0 Å². The lowest BCUT2D eigenvalue weighted by Gasteiger charge is -2.19. The SMILES string of the molecule is CCCCC[C@H](O)C=C[C@@H]1C(SCCCCCC(=O)O)=C(CCC(C)(C)C)C[C@H]1O. The molecule has 0 bridgehead atoms. The summed E-state index contributed by atoms with van der Waals surface area (Å²) in [5.74, 6) is 0.200. The smallest absolute Gasteiger partial charge is 0.303 e. The van der Waals surface area contributed by atoms with Crippen LogP contribution in [0.2, 0.25) is 0 Å². The quantitative estimate of drug-likeness (QED) is 0.205. The first-order valence-corrected chi connectivity index (χ1v) is 12.7. The zero-order chi connectivity index (χ0) is 22.6. The maximum absolute atomic E-state index is 10.7. The summed E-state index contributed by atoms with van der Waals surface area (Å²) < 4.78 is 0. The van der Waals surface area contributed by atoms with E-state index < -0.39 is 18.2 Å². The van der Waals surface area contributed by atoms with Crippen molar-refractivity contribution in [3.8, 4) is 0 Å². The van der Waals surface area contributed by atoms with Gasteiger partial charge in [-0.1, -0.05) is 71.1 Å². The summed E-state index contributed by atoms with van der Waals surface area (Å²) in [6, 6.07) is 0. The second-order valence-corrected chi connectivity index (χ2v) is 11.0. The molecule has 0 fully saturated rings. The van der Waals surface area contributed by atoms with E-state index >= 15 is 0 Å². The second kappa shape index (κ2) is 14.3. The third-order valence-corrected chi connectivity index (χ3v) is 7.00. The van der Waals surface area contributed by atoms with Gasteiger partial charge >= 0.3 is 5.97 Å². The average Bonchev–Trinajstić information content (AvgIpc) is 2.95. The Labute approximate surface area is 188 Å². The Morgan fingerprint density at radius 2 is 1.93 bits per heavy atom. The number of thioether (sulfide) groups is 1. The van der Waals surface area contributed by atoms with Crippen LogP contribution in [0.4, 0.5) is 0 Å². The number of carboxylic acid groups (broad SMARTS) is 1. The van der Waals surface area contributed by atoms with E-state index in [0.29, 0.717) is 0 Å². The van der Waals surface area contributed by atoms with Crippen molar-refractivity contribution >= 4 is 17.7 Å². The van der Waals surface area contributed by atoms with Gasteiger partial charge in [0.2, 0.25) is 0 Å². The Balaban J connectivity index is 2.73. The largest absolute Gasteiger partial charge is 0.481 e. The van der Waals surface area contributed by atoms with Gasteiger partial charge in [0.15, 0.2) is 0 Å². The predicted octanol–water partition coefficient (Wildman–Crippen LogP) is 6.32. The monoisotopic (exact) mass is 440 g/mol. The van der Waals surface area contributed by atoms with Gasteiger partial charge in [0.1, 0.15) is 0 Å². The lowest BCUT2D eigenvalue weighted by atomic mass is 9.88. The van der Waals surface area contributed by atoms with Crippen molar-refractivity contribution in [2.45, 2.75) is 111 Å². The number of aliphatic hydroxyl groups excluding tert-OH is 2. The minimum absolute atomic E-state index is 0.0233. The normalized spacial score (nSPS) is 21.0. The molecular weight excluding hydrogens is 396 g/mol. The van der Waals surface area contributed by atoms with Crippen molar-refractivity contribution in [2.75, 3.05) is 5.75 Å². The number of carboxylic acids is 1. The van der Waals surface area contributed by atoms with Crippen LogP contribution in [0.5, 0.6) is 0 Å². The van der Waals surface area contributed by atoms with Crippen molar-refractivity contribution in [1.82, 2.24) is 0 Å². The highest BCUT2D eigenvalue weighted by Gasteiger charge is 2.32. The number of aliphatic hydroxyl groups is 2. The van der Waals surface area contributed by atoms with Crippen LogP contribution in [0, 0.1) is 11.3 Å². The summed E-state index contributed by atoms with van der Waals surface area (Å²) in [6.45, 7) is 8.90. The van der Waals surface area contributed by atoms with Crippen molar-refractivity contribution in [3.63, 3.8) is 0 Å². The van der Waals surface area contributed by atoms with Crippen LogP contribution < -0.4 is 0 Å². The lowest BCUT2D eigenvalue weighted by molar-refractivity contribution is -0.137. The molecule has 0 aromatic rings. The van der Waals surface area contributed by atoms with Gasteiger partial charge in [0.05, 0.1) is 12.2 Å². The molecule has 1 rings (SSSR count). The molecule has 0 spiro atoms. The van der Waals surface area contributed by atoms with E-state index in [1.54, 1.807) is 0 Å². The van der Waals surface area contributed by atoms with Crippen LogP contribution in [-0.2, 0) is 4.79 Å². The number of hydrogen-bond acceptors (Lipinski definition) is 4. The minimum Gasteiger partial charge on any atom is -0.481 e. The zero-order valence-electron chi connectivity index (χ0n) is 19.5. The summed E-state index contributed by atoms with van der Waals surface area (Å²) in [4.78, 5) is 11.9. The van der Waals surface area contributed by atoms with E-state index in [-0.39, 0.29) is 17.8 Å². The molecule has 0 aromatic carbocycles. The molecule has 0 saturated carbocycles. The van der Waals surface area contributed by atoms with Gasteiger partial charge < -0.3 is 15.3 Å². The molecule has 30 heavy (non-hydrogen) atoms. The Bertz CT molecular complexity index is 562. The first-order valence-electron chi connectivity index (χ1n) is 11.7. The Kier molecular flexibility index (Phi) is 13.0. The van der Waals surface area contributed by atoms with Gasteiger partial charge in [-0.2, -0.15) is 0 Å². The number of carbonyl (C=O) groups is 1. The molecule has 0 unspecified atom stereocenters. The minimum atomic E-state index is -0.726. The molecular formula is C25H44O4S. The molecule has 0 aromatic heterocycles. The number of rotatable bonds is 15. The van der Waals surface area contributed by atoms with E-state index in [0.717, 1.165) is 70.0 Å². The molecule has 1 aliphatic carbocycles. The predicted molar refractivity (Wildman–Crippen MR) is 128 cm³/mol. The zero-order valence-corrected chi connectivity index (χ0v) is 20.3. The van der Waals surface area contributed by atoms with Crippen LogP contribution >= 0.6 is 11.8 Å². The Morgan fingerprint density at radius 3 is 2.57 bits per heavy atom. The molecule has 5 heteroatoms. The van der Waals surface area contributed by atoms with Crippen LogP contribution in [0.15, 0.2) is 22.6 Å². The van der Waals surface area contributed by atoms with E-state index in [9.17, 15) is 15.0 Å². The van der Waals surface area contributed by atoms with Gasteiger partial charge in [-0.05, 0) is 54.6 Å². The first-order chi connectivity index (χ1) is 14.1. The summed E-state index contributed by atoms with van der Waals surface area (Å²) in [7, 11) is 0. The number of hydrogen-bond donors (Lipinski definition) is 3. The first kappa shape index (κ1) is 27.3. The van der Waals surface area contributed by atoms with Gasteiger partial charge in [-0.25, -0.2) is 0 Å². The van der Waals surface area contributed by atoms with Crippen LogP contribution in [0.25, 0.3) is 0 Å². The molecule has 4 nitrogen and oxygen atoms in total. The molecule has 174 valence electrons. The van der Waals surface area contributed by atoms with Gasteiger partial charge in [-0.3, -0.25) is 4.79 Å². The van der Waals surface area contributed by atoms with E-state index in [1.165, 1.54) is 10.5 Å². The fourth-order valence-corrected chi connectivity index (χ4v) is 5.13. The standard InChI is InChI=1S/C25H44O4S/c1-5-6-8-11-20(26)13-14-21-22(27)18-19(15-16-25(2,3)4)24(21)30-17-10-7-9-12-23(28)29/h13-14,20-22,26-27H,5-12,15-18H2,1-4H3,(H,28,29)/t20-,21-,22+/m0/s1. The molecule has 3 N–H and O–H groups in total. The van der Waals surface area contributed by atoms with Crippen molar-refractivity contribution < 1.29 is 20.1 Å². The molecule has 0 aliphatic heterocycles. The van der Waals surface area contributed by atoms with Crippen LogP contribution in [-0.4, -0.2) is 39.2 Å². The topological polar surface area (TPSA) is 77.8 Å². The maximum Gasteiger partial charge on any atom is 0.303 e. The van der Waals surface area contributed by atoms with Gasteiger partial charge in [0, 0.05) is 12.3 Å². The average molecular weight is 441 g/mol. The molecule has 3 atom stereocenters. The molecule has 0 saturated heterocycles. The fourth-order valence-electron chi connectivity index (χ4n) is 3.74. The molecule has 1 aliphatic rings. The fraction of sp³-hybridized carbons (Fsp3) is 0.800. The van der Waals surface area contributed by atoms with E-state index in [1.807, 2.05) is 23.9 Å². The van der Waals surface area contributed by atoms with E-state index in [4.69, 9.17) is 5.11 Å². The van der Waals surface area contributed by atoms with Crippen molar-refractivity contribution in [2.24, 2.45) is 11.3 Å². The highest BCUT2D eigenvalue weighted by Crippen LogP contribution is 2.43.